The Morgan fingerprint density at radius 2 is 2.24 bits per heavy atom. The zero-order valence-corrected chi connectivity index (χ0v) is 15.2. The van der Waals surface area contributed by atoms with Crippen molar-refractivity contribution in [2.45, 2.75) is 44.3 Å². The number of hydrogen-bond donors (Lipinski definition) is 2. The van der Waals surface area contributed by atoms with Gasteiger partial charge in [0, 0.05) is 5.69 Å². The minimum Gasteiger partial charge on any atom is -0.337 e. The van der Waals surface area contributed by atoms with Crippen LogP contribution in [0.25, 0.3) is 5.95 Å². The zero-order chi connectivity index (χ0) is 18.2. The quantitative estimate of drug-likeness (QED) is 0.573. The SMILES string of the molecule is Cc1cc(C)n(-c2nnc(SCC(=O)NC(C)(C#N)C3CC3)n2N)n1. The van der Waals surface area contributed by atoms with E-state index in [2.05, 4.69) is 26.7 Å². The molecule has 1 saturated carbocycles. The van der Waals surface area contributed by atoms with E-state index in [1.165, 1.54) is 16.4 Å². The predicted molar refractivity (Wildman–Crippen MR) is 92.4 cm³/mol. The second-order valence-electron chi connectivity index (χ2n) is 6.42. The Hall–Kier alpha value is -2.54. The fourth-order valence-corrected chi connectivity index (χ4v) is 3.33. The third kappa shape index (κ3) is 3.46. The van der Waals surface area contributed by atoms with Crippen LogP contribution in [0.4, 0.5) is 0 Å². The highest BCUT2D eigenvalue weighted by Crippen LogP contribution is 2.39. The van der Waals surface area contributed by atoms with Crippen molar-refractivity contribution < 1.29 is 4.79 Å². The van der Waals surface area contributed by atoms with E-state index >= 15 is 0 Å². The molecule has 1 aliphatic rings. The largest absolute Gasteiger partial charge is 0.337 e. The minimum atomic E-state index is -0.803. The molecule has 1 amide bonds. The molecular formula is C15H20N8OS. The molecule has 0 aromatic carbocycles. The van der Waals surface area contributed by atoms with Gasteiger partial charge in [0.1, 0.15) is 5.54 Å². The zero-order valence-electron chi connectivity index (χ0n) is 14.4. The molecule has 1 fully saturated rings. The summed E-state index contributed by atoms with van der Waals surface area (Å²) in [5, 5.41) is 24.9. The molecule has 10 heteroatoms. The van der Waals surface area contributed by atoms with Crippen LogP contribution in [-0.2, 0) is 4.79 Å². The Morgan fingerprint density at radius 1 is 1.52 bits per heavy atom. The molecule has 0 bridgehead atoms. The summed E-state index contributed by atoms with van der Waals surface area (Å²) >= 11 is 1.17. The van der Waals surface area contributed by atoms with Crippen LogP contribution in [-0.4, -0.2) is 41.9 Å². The smallest absolute Gasteiger partial charge is 0.271 e. The van der Waals surface area contributed by atoms with E-state index in [4.69, 9.17) is 5.84 Å². The maximum atomic E-state index is 12.2. The fraction of sp³-hybridized carbons (Fsp3) is 0.533. The maximum absolute atomic E-state index is 12.2. The highest BCUT2D eigenvalue weighted by molar-refractivity contribution is 7.99. The van der Waals surface area contributed by atoms with Gasteiger partial charge in [-0.1, -0.05) is 11.8 Å². The number of nitrogen functional groups attached to an aromatic ring is 1. The number of carbonyl (C=O) groups excluding carboxylic acids is 1. The molecule has 3 N–H and O–H groups in total. The number of carbonyl (C=O) groups is 1. The standard InChI is InChI=1S/C15H20N8OS/c1-9-6-10(2)23(21-9)13-19-20-14(22(13)17)25-7-12(24)18-15(3,8-16)11-4-5-11/h6,11H,4-5,7,17H2,1-3H3,(H,18,24). The number of hydrogen-bond acceptors (Lipinski definition) is 7. The number of aryl methyl sites for hydroxylation is 2. The Labute approximate surface area is 149 Å². The van der Waals surface area contributed by atoms with Gasteiger partial charge in [0.25, 0.3) is 5.95 Å². The first-order valence-corrected chi connectivity index (χ1v) is 8.92. The molecule has 2 aromatic rings. The van der Waals surface area contributed by atoms with E-state index in [1.54, 1.807) is 11.6 Å². The van der Waals surface area contributed by atoms with Crippen LogP contribution in [0.2, 0.25) is 0 Å². The molecule has 132 valence electrons. The first-order valence-electron chi connectivity index (χ1n) is 7.93. The summed E-state index contributed by atoms with van der Waals surface area (Å²) in [6.07, 6.45) is 1.95. The Morgan fingerprint density at radius 3 is 2.80 bits per heavy atom. The second kappa shape index (κ2) is 6.40. The number of thioether (sulfide) groups is 1. The topological polar surface area (TPSA) is 127 Å². The number of nitrogens with zero attached hydrogens (tertiary/aromatic N) is 6. The van der Waals surface area contributed by atoms with Crippen LogP contribution in [0.15, 0.2) is 11.2 Å². The Bertz CT molecular complexity index is 846. The molecule has 0 aliphatic heterocycles. The fourth-order valence-electron chi connectivity index (χ4n) is 2.68. The van der Waals surface area contributed by atoms with E-state index < -0.39 is 5.54 Å². The highest BCUT2D eigenvalue weighted by Gasteiger charge is 2.42. The highest BCUT2D eigenvalue weighted by atomic mass is 32.2. The number of nitriles is 1. The summed E-state index contributed by atoms with van der Waals surface area (Å²) in [5.41, 5.74) is 0.938. The summed E-state index contributed by atoms with van der Waals surface area (Å²) in [5.74, 6) is 6.54. The van der Waals surface area contributed by atoms with Crippen LogP contribution >= 0.6 is 11.8 Å². The number of rotatable bonds is 6. The molecule has 25 heavy (non-hydrogen) atoms. The van der Waals surface area contributed by atoms with Crippen LogP contribution < -0.4 is 11.2 Å². The normalized spacial score (nSPS) is 16.2. The summed E-state index contributed by atoms with van der Waals surface area (Å²) in [4.78, 5) is 12.2. The van der Waals surface area contributed by atoms with Crippen molar-refractivity contribution in [3.63, 3.8) is 0 Å². The Kier molecular flexibility index (Phi) is 4.43. The van der Waals surface area contributed by atoms with E-state index in [9.17, 15) is 10.1 Å². The number of nitrogens with one attached hydrogen (secondary N) is 1. The lowest BCUT2D eigenvalue weighted by Gasteiger charge is -2.22. The van der Waals surface area contributed by atoms with E-state index in [0.29, 0.717) is 11.1 Å². The molecule has 1 unspecified atom stereocenters. The van der Waals surface area contributed by atoms with Gasteiger partial charge >= 0.3 is 0 Å². The summed E-state index contributed by atoms with van der Waals surface area (Å²) in [6.45, 7) is 5.54. The van der Waals surface area contributed by atoms with E-state index in [1.807, 2.05) is 19.9 Å². The summed E-state index contributed by atoms with van der Waals surface area (Å²) in [6, 6.07) is 4.12. The van der Waals surface area contributed by atoms with Gasteiger partial charge in [-0.15, -0.1) is 10.2 Å². The van der Waals surface area contributed by atoms with Gasteiger partial charge in [0.05, 0.1) is 17.5 Å². The van der Waals surface area contributed by atoms with Crippen molar-refractivity contribution in [1.29, 1.82) is 5.26 Å². The molecule has 9 nitrogen and oxygen atoms in total. The molecule has 1 atom stereocenters. The lowest BCUT2D eigenvalue weighted by Crippen LogP contribution is -2.47. The molecule has 0 saturated heterocycles. The van der Waals surface area contributed by atoms with Crippen molar-refractivity contribution in [3.8, 4) is 12.0 Å². The first kappa shape index (κ1) is 17.3. The van der Waals surface area contributed by atoms with Gasteiger partial charge in [0.15, 0.2) is 0 Å². The molecule has 0 spiro atoms. The summed E-state index contributed by atoms with van der Waals surface area (Å²) in [7, 11) is 0. The van der Waals surface area contributed by atoms with Crippen LogP contribution in [0.3, 0.4) is 0 Å². The number of amides is 1. The van der Waals surface area contributed by atoms with Crippen LogP contribution in [0, 0.1) is 31.1 Å². The predicted octanol–water partition coefficient (Wildman–Crippen LogP) is 0.695. The van der Waals surface area contributed by atoms with Gasteiger partial charge in [-0.25, -0.2) is 9.36 Å². The van der Waals surface area contributed by atoms with Gasteiger partial charge in [-0.3, -0.25) is 4.79 Å². The van der Waals surface area contributed by atoms with E-state index in [-0.39, 0.29) is 17.6 Å². The van der Waals surface area contributed by atoms with Crippen molar-refractivity contribution in [2.75, 3.05) is 11.6 Å². The average molecular weight is 360 g/mol. The molecular weight excluding hydrogens is 340 g/mol. The van der Waals surface area contributed by atoms with Crippen LogP contribution in [0.5, 0.6) is 0 Å². The van der Waals surface area contributed by atoms with Gasteiger partial charge < -0.3 is 11.2 Å². The minimum absolute atomic E-state index is 0.108. The molecule has 0 radical (unpaired) electrons. The van der Waals surface area contributed by atoms with Crippen molar-refractivity contribution in [1.82, 2.24) is 30.0 Å². The Balaban J connectivity index is 1.65. The molecule has 1 aliphatic carbocycles. The molecule has 3 rings (SSSR count). The molecule has 2 aromatic heterocycles. The average Bonchev–Trinajstić information content (AvgIpc) is 3.29. The summed E-state index contributed by atoms with van der Waals surface area (Å²) < 4.78 is 2.91. The van der Waals surface area contributed by atoms with Crippen molar-refractivity contribution in [2.24, 2.45) is 5.92 Å². The van der Waals surface area contributed by atoms with Gasteiger partial charge in [-0.05, 0) is 45.6 Å². The van der Waals surface area contributed by atoms with Crippen molar-refractivity contribution in [3.05, 3.63) is 17.5 Å². The van der Waals surface area contributed by atoms with Gasteiger partial charge in [-0.2, -0.15) is 10.4 Å². The monoisotopic (exact) mass is 360 g/mol. The number of nitrogens with two attached hydrogens (primary N) is 1. The third-order valence-corrected chi connectivity index (χ3v) is 5.15. The second-order valence-corrected chi connectivity index (χ2v) is 7.36. The lowest BCUT2D eigenvalue weighted by molar-refractivity contribution is -0.119. The van der Waals surface area contributed by atoms with Crippen molar-refractivity contribution >= 4 is 17.7 Å². The number of aromatic nitrogens is 5. The van der Waals surface area contributed by atoms with E-state index in [0.717, 1.165) is 24.2 Å². The van der Waals surface area contributed by atoms with Gasteiger partial charge in [0.2, 0.25) is 11.1 Å². The third-order valence-electron chi connectivity index (χ3n) is 4.20. The van der Waals surface area contributed by atoms with Crippen LogP contribution in [0.1, 0.15) is 31.2 Å². The molecule has 2 heterocycles. The first-order chi connectivity index (χ1) is 11.8. The maximum Gasteiger partial charge on any atom is 0.271 e. The lowest BCUT2D eigenvalue weighted by atomic mass is 9.98.